The molecule has 0 saturated carbocycles. The number of morpholine rings is 1. The second-order valence-electron chi connectivity index (χ2n) is 6.58. The number of methoxy groups -OCH3 is 1. The Morgan fingerprint density at radius 2 is 2.00 bits per heavy atom. The van der Waals surface area contributed by atoms with Crippen molar-refractivity contribution in [2.75, 3.05) is 40.0 Å². The van der Waals surface area contributed by atoms with Gasteiger partial charge < -0.3 is 23.5 Å². The highest BCUT2D eigenvalue weighted by molar-refractivity contribution is 6.14. The molecule has 1 aliphatic heterocycles. The van der Waals surface area contributed by atoms with E-state index in [1.807, 2.05) is 6.07 Å². The van der Waals surface area contributed by atoms with Crippen LogP contribution in [0.25, 0.3) is 6.08 Å². The van der Waals surface area contributed by atoms with Crippen molar-refractivity contribution in [1.82, 2.24) is 4.90 Å². The number of furan rings is 1. The summed E-state index contributed by atoms with van der Waals surface area (Å²) in [6.45, 7) is 3.68. The molecule has 156 valence electrons. The fourth-order valence-corrected chi connectivity index (χ4v) is 3.02. The fraction of sp³-hybridized carbons (Fsp3) is 0.318. The van der Waals surface area contributed by atoms with Crippen molar-refractivity contribution < 1.29 is 28.2 Å². The highest BCUT2D eigenvalue weighted by atomic mass is 16.5. The van der Waals surface area contributed by atoms with E-state index in [-0.39, 0.29) is 18.1 Å². The number of hydrogen-bond donors (Lipinski definition) is 0. The zero-order valence-electron chi connectivity index (χ0n) is 16.8. The number of carbonyl (C=O) groups is 2. The van der Waals surface area contributed by atoms with Gasteiger partial charge >= 0.3 is 0 Å². The summed E-state index contributed by atoms with van der Waals surface area (Å²) < 4.78 is 21.4. The van der Waals surface area contributed by atoms with Gasteiger partial charge in [-0.05, 0) is 36.8 Å². The van der Waals surface area contributed by atoms with E-state index in [0.717, 1.165) is 0 Å². The molecular weight excluding hydrogens is 388 g/mol. The molecule has 0 bridgehead atoms. The molecule has 1 aromatic heterocycles. The minimum atomic E-state index is -0.417. The predicted molar refractivity (Wildman–Crippen MR) is 107 cm³/mol. The first kappa shape index (κ1) is 21.1. The van der Waals surface area contributed by atoms with E-state index in [9.17, 15) is 14.9 Å². The van der Waals surface area contributed by atoms with Gasteiger partial charge in [0, 0.05) is 13.1 Å². The number of Topliss-reactive ketones (excluding diaryl/α,β-unsaturated/α-hetero) is 1. The van der Waals surface area contributed by atoms with Crippen molar-refractivity contribution in [3.63, 3.8) is 0 Å². The Morgan fingerprint density at radius 3 is 2.63 bits per heavy atom. The minimum Gasteiger partial charge on any atom is -0.493 e. The van der Waals surface area contributed by atoms with Gasteiger partial charge in [0.25, 0.3) is 5.91 Å². The first-order chi connectivity index (χ1) is 14.5. The maximum absolute atomic E-state index is 12.6. The molecule has 3 rings (SSSR count). The smallest absolute Gasteiger partial charge is 0.260 e. The van der Waals surface area contributed by atoms with E-state index >= 15 is 0 Å². The van der Waals surface area contributed by atoms with Gasteiger partial charge in [-0.25, -0.2) is 0 Å². The number of allylic oxidation sites excluding steroid dienone is 1. The number of benzene rings is 1. The van der Waals surface area contributed by atoms with Gasteiger partial charge in [0.05, 0.1) is 32.2 Å². The summed E-state index contributed by atoms with van der Waals surface area (Å²) in [4.78, 5) is 26.5. The summed E-state index contributed by atoms with van der Waals surface area (Å²) in [5.74, 6) is 0.693. The third-order valence-corrected chi connectivity index (χ3v) is 4.68. The van der Waals surface area contributed by atoms with E-state index < -0.39 is 5.78 Å². The third kappa shape index (κ3) is 4.88. The van der Waals surface area contributed by atoms with Crippen molar-refractivity contribution >= 4 is 17.8 Å². The average molecular weight is 410 g/mol. The van der Waals surface area contributed by atoms with Gasteiger partial charge in [-0.15, -0.1) is 0 Å². The molecule has 1 aliphatic rings. The molecule has 1 saturated heterocycles. The first-order valence-corrected chi connectivity index (χ1v) is 9.40. The van der Waals surface area contributed by atoms with Crippen molar-refractivity contribution in [2.45, 2.75) is 6.92 Å². The number of amides is 1. The number of nitrogens with zero attached hydrogens (tertiary/aromatic N) is 2. The normalized spacial score (nSPS) is 14.2. The highest BCUT2D eigenvalue weighted by Crippen LogP contribution is 2.29. The van der Waals surface area contributed by atoms with Crippen LogP contribution in [0.4, 0.5) is 0 Å². The average Bonchev–Trinajstić information content (AvgIpc) is 3.22. The van der Waals surface area contributed by atoms with Gasteiger partial charge in [-0.2, -0.15) is 5.26 Å². The fourth-order valence-electron chi connectivity index (χ4n) is 3.02. The van der Waals surface area contributed by atoms with Crippen molar-refractivity contribution in [1.29, 1.82) is 5.26 Å². The Morgan fingerprint density at radius 1 is 1.23 bits per heavy atom. The van der Waals surface area contributed by atoms with E-state index in [0.29, 0.717) is 54.7 Å². The Bertz CT molecular complexity index is 995. The lowest BCUT2D eigenvalue weighted by Gasteiger charge is -2.26. The lowest BCUT2D eigenvalue weighted by atomic mass is 10.0. The molecular formula is C22H22N2O6. The molecule has 1 aromatic carbocycles. The Balaban J connectivity index is 1.73. The van der Waals surface area contributed by atoms with Gasteiger partial charge in [0.1, 0.15) is 17.4 Å². The molecule has 0 radical (unpaired) electrons. The topological polar surface area (TPSA) is 102 Å². The number of rotatable bonds is 7. The van der Waals surface area contributed by atoms with Crippen LogP contribution in [-0.4, -0.2) is 56.6 Å². The molecule has 0 N–H and O–H groups in total. The molecule has 2 aromatic rings. The number of ketones is 1. The molecule has 30 heavy (non-hydrogen) atoms. The number of aryl methyl sites for hydroxylation is 1. The molecule has 8 heteroatoms. The standard InChI is InChI=1S/C22H22N2O6/c1-15-18(5-8-29-15)22(26)17(13-23)11-16-3-4-19(20(12-16)27-2)30-14-21(25)24-6-9-28-10-7-24/h3-5,8,11-12H,6-7,9-10,14H2,1-2H3/b17-11+. The lowest BCUT2D eigenvalue weighted by molar-refractivity contribution is -0.137. The van der Waals surface area contributed by atoms with E-state index in [4.69, 9.17) is 18.6 Å². The van der Waals surface area contributed by atoms with Crippen molar-refractivity contribution in [2.24, 2.45) is 0 Å². The summed E-state index contributed by atoms with van der Waals surface area (Å²) in [5.41, 5.74) is 0.902. The van der Waals surface area contributed by atoms with Crippen LogP contribution >= 0.6 is 0 Å². The zero-order chi connectivity index (χ0) is 21.5. The van der Waals surface area contributed by atoms with Crippen LogP contribution in [-0.2, 0) is 9.53 Å². The van der Waals surface area contributed by atoms with Crippen LogP contribution in [0, 0.1) is 18.3 Å². The van der Waals surface area contributed by atoms with Crippen molar-refractivity contribution in [3.8, 4) is 17.6 Å². The van der Waals surface area contributed by atoms with Gasteiger partial charge in [0.15, 0.2) is 18.1 Å². The third-order valence-electron chi connectivity index (χ3n) is 4.68. The van der Waals surface area contributed by atoms with E-state index in [1.165, 1.54) is 25.5 Å². The van der Waals surface area contributed by atoms with Crippen LogP contribution in [0.15, 0.2) is 40.5 Å². The predicted octanol–water partition coefficient (Wildman–Crippen LogP) is 2.62. The maximum Gasteiger partial charge on any atom is 0.260 e. The summed E-state index contributed by atoms with van der Waals surface area (Å²) in [5, 5.41) is 9.42. The lowest BCUT2D eigenvalue weighted by Crippen LogP contribution is -2.43. The number of carbonyl (C=O) groups excluding carboxylic acids is 2. The van der Waals surface area contributed by atoms with Crippen LogP contribution in [0.1, 0.15) is 21.7 Å². The molecule has 0 spiro atoms. The maximum atomic E-state index is 12.6. The summed E-state index contributed by atoms with van der Waals surface area (Å²) in [7, 11) is 1.48. The molecule has 0 atom stereocenters. The van der Waals surface area contributed by atoms with Crippen LogP contribution in [0.2, 0.25) is 0 Å². The first-order valence-electron chi connectivity index (χ1n) is 9.40. The van der Waals surface area contributed by atoms with Gasteiger partial charge in [0.2, 0.25) is 5.78 Å². The van der Waals surface area contributed by atoms with Crippen LogP contribution in [0.5, 0.6) is 11.5 Å². The van der Waals surface area contributed by atoms with Crippen LogP contribution < -0.4 is 9.47 Å². The quantitative estimate of drug-likeness (QED) is 0.393. The molecule has 1 fully saturated rings. The molecule has 2 heterocycles. The second kappa shape index (κ2) is 9.76. The number of nitriles is 1. The van der Waals surface area contributed by atoms with Crippen molar-refractivity contribution in [3.05, 3.63) is 53.0 Å². The summed E-state index contributed by atoms with van der Waals surface area (Å²) in [6, 6.07) is 8.43. The Hall–Kier alpha value is -3.57. The van der Waals surface area contributed by atoms with E-state index in [2.05, 4.69) is 0 Å². The second-order valence-corrected chi connectivity index (χ2v) is 6.58. The zero-order valence-corrected chi connectivity index (χ0v) is 16.8. The summed E-state index contributed by atoms with van der Waals surface area (Å²) in [6.07, 6.45) is 2.88. The summed E-state index contributed by atoms with van der Waals surface area (Å²) >= 11 is 0. The van der Waals surface area contributed by atoms with Gasteiger partial charge in [-0.3, -0.25) is 9.59 Å². The Labute approximate surface area is 174 Å². The number of ether oxygens (including phenoxy) is 3. The molecule has 0 aliphatic carbocycles. The minimum absolute atomic E-state index is 0.0299. The van der Waals surface area contributed by atoms with Gasteiger partial charge in [-0.1, -0.05) is 6.07 Å². The molecule has 1 amide bonds. The SMILES string of the molecule is COc1cc(/C=C(\C#N)C(=O)c2ccoc2C)ccc1OCC(=O)N1CCOCC1. The van der Waals surface area contributed by atoms with Crippen LogP contribution in [0.3, 0.4) is 0 Å². The Kier molecular flexibility index (Phi) is 6.88. The highest BCUT2D eigenvalue weighted by Gasteiger charge is 2.19. The largest absolute Gasteiger partial charge is 0.493 e. The molecule has 8 nitrogen and oxygen atoms in total. The number of hydrogen-bond acceptors (Lipinski definition) is 7. The van der Waals surface area contributed by atoms with E-state index in [1.54, 1.807) is 30.0 Å². The monoisotopic (exact) mass is 410 g/mol. The molecule has 0 unspecified atom stereocenters.